The van der Waals surface area contributed by atoms with Crippen molar-refractivity contribution in [1.82, 2.24) is 15.2 Å². The summed E-state index contributed by atoms with van der Waals surface area (Å²) in [7, 11) is 0. The Morgan fingerprint density at radius 2 is 1.74 bits per heavy atom. The number of amides is 1. The third-order valence-electron chi connectivity index (χ3n) is 6.24. The van der Waals surface area contributed by atoms with E-state index >= 15 is 0 Å². The largest absolute Gasteiger partial charge is 0.436 e. The summed E-state index contributed by atoms with van der Waals surface area (Å²) in [5.41, 5.74) is 6.07. The van der Waals surface area contributed by atoms with Crippen LogP contribution in [0, 0.1) is 6.92 Å². The Balaban J connectivity index is 1.21. The molecule has 1 amide bonds. The van der Waals surface area contributed by atoms with E-state index < -0.39 is 0 Å². The van der Waals surface area contributed by atoms with Crippen LogP contribution in [0.4, 0.5) is 5.69 Å². The van der Waals surface area contributed by atoms with Crippen LogP contribution in [0.5, 0.6) is 5.75 Å². The molecule has 2 aromatic heterocycles. The number of aryl methyl sites for hydroxylation is 1. The molecule has 0 aliphatic rings. The Kier molecular flexibility index (Phi) is 5.69. The van der Waals surface area contributed by atoms with Crippen LogP contribution in [0.1, 0.15) is 22.8 Å². The van der Waals surface area contributed by atoms with E-state index in [1.807, 2.05) is 61.5 Å². The van der Waals surface area contributed by atoms with Crippen LogP contribution in [0.2, 0.25) is 0 Å². The van der Waals surface area contributed by atoms with Gasteiger partial charge < -0.3 is 14.5 Å². The quantitative estimate of drug-likeness (QED) is 0.205. The first-order valence-electron chi connectivity index (χ1n) is 12.0. The zero-order valence-electron chi connectivity index (χ0n) is 20.6. The minimum atomic E-state index is -0.379. The zero-order valence-corrected chi connectivity index (χ0v) is 20.6. The van der Waals surface area contributed by atoms with E-state index in [2.05, 4.69) is 20.5 Å². The fourth-order valence-electron chi connectivity index (χ4n) is 4.38. The number of anilines is 1. The molecule has 38 heavy (non-hydrogen) atoms. The third-order valence-corrected chi connectivity index (χ3v) is 6.24. The van der Waals surface area contributed by atoms with Crippen molar-refractivity contribution in [3.05, 3.63) is 96.2 Å². The molecule has 2 heterocycles. The molecule has 8 nitrogen and oxygen atoms in total. The number of carbonyl (C=O) groups is 2. The second-order valence-corrected chi connectivity index (χ2v) is 8.94. The average molecular weight is 503 g/mol. The van der Waals surface area contributed by atoms with Crippen molar-refractivity contribution < 1.29 is 18.7 Å². The molecule has 0 unspecified atom stereocenters. The number of esters is 1. The maximum Gasteiger partial charge on any atom is 0.308 e. The van der Waals surface area contributed by atoms with Crippen LogP contribution < -0.4 is 10.1 Å². The monoisotopic (exact) mass is 502 g/mol. The number of hydrogen-bond acceptors (Lipinski definition) is 6. The Morgan fingerprint density at radius 3 is 2.53 bits per heavy atom. The number of carbonyl (C=O) groups excluding carboxylic acids is 2. The lowest BCUT2D eigenvalue weighted by molar-refractivity contribution is -0.131. The Hall–Kier alpha value is -5.24. The van der Waals surface area contributed by atoms with Crippen molar-refractivity contribution in [2.24, 2.45) is 0 Å². The molecule has 2 N–H and O–H groups in total. The zero-order chi connectivity index (χ0) is 26.2. The van der Waals surface area contributed by atoms with Gasteiger partial charge in [0.1, 0.15) is 17.0 Å². The second-order valence-electron chi connectivity index (χ2n) is 8.94. The topological polar surface area (TPSA) is 110 Å². The van der Waals surface area contributed by atoms with Crippen LogP contribution in [0.15, 0.2) is 89.5 Å². The van der Waals surface area contributed by atoms with Gasteiger partial charge in [0.2, 0.25) is 5.89 Å². The Morgan fingerprint density at radius 1 is 0.947 bits per heavy atom. The van der Waals surface area contributed by atoms with Crippen molar-refractivity contribution >= 4 is 39.4 Å². The molecule has 6 rings (SSSR count). The van der Waals surface area contributed by atoms with Gasteiger partial charge in [-0.3, -0.25) is 14.7 Å². The number of H-pyrrole nitrogens is 1. The predicted molar refractivity (Wildman–Crippen MR) is 145 cm³/mol. The summed E-state index contributed by atoms with van der Waals surface area (Å²) in [5.74, 6) is 0.350. The van der Waals surface area contributed by atoms with Crippen LogP contribution in [0.25, 0.3) is 44.6 Å². The first-order valence-corrected chi connectivity index (χ1v) is 12.0. The van der Waals surface area contributed by atoms with Crippen molar-refractivity contribution in [2.75, 3.05) is 5.32 Å². The summed E-state index contributed by atoms with van der Waals surface area (Å²) >= 11 is 0. The van der Waals surface area contributed by atoms with Crippen molar-refractivity contribution in [1.29, 1.82) is 0 Å². The summed E-state index contributed by atoms with van der Waals surface area (Å²) in [6, 6.07) is 23.9. The van der Waals surface area contributed by atoms with Gasteiger partial charge in [-0.15, -0.1) is 0 Å². The van der Waals surface area contributed by atoms with Crippen LogP contribution in [0.3, 0.4) is 0 Å². The van der Waals surface area contributed by atoms with Crippen molar-refractivity contribution in [3.8, 4) is 28.5 Å². The number of aromatic amines is 1. The highest BCUT2D eigenvalue weighted by Gasteiger charge is 2.17. The highest BCUT2D eigenvalue weighted by atomic mass is 16.5. The number of benzene rings is 4. The van der Waals surface area contributed by atoms with Gasteiger partial charge >= 0.3 is 5.97 Å². The SMILES string of the molecule is CC(=O)Oc1ccc2cc(C(=O)Nc3ccc(-c4n[nH]cc4-c4nc5c(C)cccc5o4)cc3)ccc2c1. The van der Waals surface area contributed by atoms with E-state index in [0.29, 0.717) is 28.6 Å². The van der Waals surface area contributed by atoms with Gasteiger partial charge in [0, 0.05) is 29.9 Å². The van der Waals surface area contributed by atoms with E-state index in [1.165, 1.54) is 6.92 Å². The van der Waals surface area contributed by atoms with E-state index in [1.54, 1.807) is 30.5 Å². The average Bonchev–Trinajstić information content (AvgIpc) is 3.56. The van der Waals surface area contributed by atoms with E-state index in [0.717, 1.165) is 38.6 Å². The maximum atomic E-state index is 12.9. The molecule has 0 aliphatic carbocycles. The van der Waals surface area contributed by atoms with Gasteiger partial charge in [0.05, 0.1) is 5.56 Å². The van der Waals surface area contributed by atoms with Crippen LogP contribution >= 0.6 is 0 Å². The van der Waals surface area contributed by atoms with Crippen molar-refractivity contribution in [2.45, 2.75) is 13.8 Å². The van der Waals surface area contributed by atoms with Crippen molar-refractivity contribution in [3.63, 3.8) is 0 Å². The number of aromatic nitrogens is 3. The molecule has 0 atom stereocenters. The number of hydrogen-bond donors (Lipinski definition) is 2. The Bertz CT molecular complexity index is 1830. The minimum Gasteiger partial charge on any atom is -0.436 e. The van der Waals surface area contributed by atoms with Gasteiger partial charge in [0.15, 0.2) is 5.58 Å². The first kappa shape index (κ1) is 23.2. The molecule has 0 bridgehead atoms. The molecule has 4 aromatic carbocycles. The lowest BCUT2D eigenvalue weighted by Crippen LogP contribution is -2.11. The molecule has 6 aromatic rings. The lowest BCUT2D eigenvalue weighted by atomic mass is 10.1. The Labute approximate surface area is 217 Å². The second kappa shape index (κ2) is 9.33. The molecule has 0 saturated carbocycles. The highest BCUT2D eigenvalue weighted by molar-refractivity contribution is 6.06. The maximum absolute atomic E-state index is 12.9. The van der Waals surface area contributed by atoms with Gasteiger partial charge in [-0.25, -0.2) is 4.98 Å². The summed E-state index contributed by atoms with van der Waals surface area (Å²) in [4.78, 5) is 28.8. The molecule has 0 saturated heterocycles. The molecular formula is C30H22N4O4. The predicted octanol–water partition coefficient (Wildman–Crippen LogP) is 6.52. The van der Waals surface area contributed by atoms with Gasteiger partial charge in [0.25, 0.3) is 5.91 Å². The number of nitrogens with one attached hydrogen (secondary N) is 2. The number of ether oxygens (including phenoxy) is 1. The van der Waals surface area contributed by atoms with E-state index in [4.69, 9.17) is 9.15 Å². The molecule has 186 valence electrons. The van der Waals surface area contributed by atoms with Gasteiger partial charge in [-0.05, 0) is 65.7 Å². The van der Waals surface area contributed by atoms with Gasteiger partial charge in [-0.2, -0.15) is 5.10 Å². The smallest absolute Gasteiger partial charge is 0.308 e. The molecule has 0 radical (unpaired) electrons. The summed E-state index contributed by atoms with van der Waals surface area (Å²) in [6.07, 6.45) is 1.76. The molecule has 0 fully saturated rings. The number of rotatable bonds is 5. The van der Waals surface area contributed by atoms with Crippen LogP contribution in [-0.4, -0.2) is 27.1 Å². The number of oxazole rings is 1. The minimum absolute atomic E-state index is 0.231. The van der Waals surface area contributed by atoms with Gasteiger partial charge in [-0.1, -0.05) is 36.4 Å². The standard InChI is InChI=1S/C30H22N4O4/c1-17-4-3-5-26-27(17)33-30(38-26)25-16-31-34-28(25)19-8-11-23(12-9-19)32-29(36)22-7-6-21-15-24(37-18(2)35)13-10-20(21)14-22/h3-16H,1-2H3,(H,31,34)(H,32,36). The number of fused-ring (bicyclic) bond motifs is 2. The normalized spacial score (nSPS) is 11.1. The highest BCUT2D eigenvalue weighted by Crippen LogP contribution is 2.33. The molecular weight excluding hydrogens is 480 g/mol. The van der Waals surface area contributed by atoms with E-state index in [-0.39, 0.29) is 11.9 Å². The molecule has 8 heteroatoms. The fourth-order valence-corrected chi connectivity index (χ4v) is 4.38. The molecule has 0 spiro atoms. The number of nitrogens with zero attached hydrogens (tertiary/aromatic N) is 2. The summed E-state index contributed by atoms with van der Waals surface area (Å²) in [6.45, 7) is 3.36. The lowest BCUT2D eigenvalue weighted by Gasteiger charge is -2.08. The van der Waals surface area contributed by atoms with Crippen LogP contribution in [-0.2, 0) is 4.79 Å². The number of para-hydroxylation sites is 1. The van der Waals surface area contributed by atoms with E-state index in [9.17, 15) is 9.59 Å². The molecule has 0 aliphatic heterocycles. The summed E-state index contributed by atoms with van der Waals surface area (Å²) < 4.78 is 11.1. The first-order chi connectivity index (χ1) is 18.4. The third kappa shape index (κ3) is 4.39. The summed E-state index contributed by atoms with van der Waals surface area (Å²) in [5, 5.41) is 12.0. The fraction of sp³-hybridized carbons (Fsp3) is 0.0667.